The van der Waals surface area contributed by atoms with E-state index in [4.69, 9.17) is 11.6 Å². The first-order chi connectivity index (χ1) is 11.2. The molecule has 0 aliphatic heterocycles. The Kier molecular flexibility index (Phi) is 6.88. The zero-order valence-electron chi connectivity index (χ0n) is 13.6. The van der Waals surface area contributed by atoms with Gasteiger partial charge in [-0.1, -0.05) is 35.9 Å². The van der Waals surface area contributed by atoms with Crippen molar-refractivity contribution >= 4 is 17.6 Å². The molecule has 0 bridgehead atoms. The number of benzene rings is 1. The van der Waals surface area contributed by atoms with Gasteiger partial charge in [0, 0.05) is 24.3 Å². The Morgan fingerprint density at radius 3 is 2.74 bits per heavy atom. The SMILES string of the molecule is CCNC(=NCc1ncccc1C)NCCc1ccccc1Cl. The minimum atomic E-state index is 0.564. The zero-order valence-corrected chi connectivity index (χ0v) is 14.4. The molecule has 0 amide bonds. The number of rotatable bonds is 6. The van der Waals surface area contributed by atoms with Crippen LogP contribution in [-0.2, 0) is 13.0 Å². The summed E-state index contributed by atoms with van der Waals surface area (Å²) in [5.41, 5.74) is 3.29. The Balaban J connectivity index is 1.92. The van der Waals surface area contributed by atoms with E-state index in [0.29, 0.717) is 6.54 Å². The van der Waals surface area contributed by atoms with Crippen molar-refractivity contribution in [2.75, 3.05) is 13.1 Å². The van der Waals surface area contributed by atoms with Crippen LogP contribution in [0.4, 0.5) is 0 Å². The smallest absolute Gasteiger partial charge is 0.191 e. The maximum Gasteiger partial charge on any atom is 0.191 e. The van der Waals surface area contributed by atoms with Crippen LogP contribution in [0.15, 0.2) is 47.6 Å². The Morgan fingerprint density at radius 2 is 2.00 bits per heavy atom. The summed E-state index contributed by atoms with van der Waals surface area (Å²) in [6.07, 6.45) is 2.66. The number of nitrogens with zero attached hydrogens (tertiary/aromatic N) is 2. The Hall–Kier alpha value is -2.07. The lowest BCUT2D eigenvalue weighted by molar-refractivity contribution is 0.796. The zero-order chi connectivity index (χ0) is 16.5. The van der Waals surface area contributed by atoms with E-state index in [1.165, 1.54) is 0 Å². The van der Waals surface area contributed by atoms with Crippen LogP contribution in [0.2, 0.25) is 5.02 Å². The molecule has 0 aliphatic carbocycles. The molecule has 0 saturated heterocycles. The first-order valence-corrected chi connectivity index (χ1v) is 8.24. The van der Waals surface area contributed by atoms with E-state index >= 15 is 0 Å². The fraction of sp³-hybridized carbons (Fsp3) is 0.333. The predicted octanol–water partition coefficient (Wildman–Crippen LogP) is 3.34. The van der Waals surface area contributed by atoms with Crippen molar-refractivity contribution in [3.8, 4) is 0 Å². The number of aliphatic imine (C=N–C) groups is 1. The monoisotopic (exact) mass is 330 g/mol. The summed E-state index contributed by atoms with van der Waals surface area (Å²) in [4.78, 5) is 8.97. The summed E-state index contributed by atoms with van der Waals surface area (Å²) in [7, 11) is 0. The lowest BCUT2D eigenvalue weighted by Gasteiger charge is -2.12. The van der Waals surface area contributed by atoms with Gasteiger partial charge in [-0.3, -0.25) is 4.98 Å². The van der Waals surface area contributed by atoms with Crippen molar-refractivity contribution < 1.29 is 0 Å². The first-order valence-electron chi connectivity index (χ1n) is 7.86. The fourth-order valence-electron chi connectivity index (χ4n) is 2.20. The molecule has 122 valence electrons. The number of hydrogen-bond donors (Lipinski definition) is 2. The first kappa shape index (κ1) is 17.3. The van der Waals surface area contributed by atoms with Crippen LogP contribution in [0.1, 0.15) is 23.7 Å². The van der Waals surface area contributed by atoms with Gasteiger partial charge >= 0.3 is 0 Å². The molecule has 2 aromatic rings. The third kappa shape index (κ3) is 5.57. The van der Waals surface area contributed by atoms with Crippen molar-refractivity contribution in [3.63, 3.8) is 0 Å². The largest absolute Gasteiger partial charge is 0.357 e. The number of halogens is 1. The van der Waals surface area contributed by atoms with E-state index < -0.39 is 0 Å². The van der Waals surface area contributed by atoms with Crippen molar-refractivity contribution in [3.05, 3.63) is 64.4 Å². The quantitative estimate of drug-likeness (QED) is 0.631. The maximum absolute atomic E-state index is 6.18. The highest BCUT2D eigenvalue weighted by Gasteiger charge is 2.02. The Morgan fingerprint density at radius 1 is 1.17 bits per heavy atom. The molecule has 0 unspecified atom stereocenters. The summed E-state index contributed by atoms with van der Waals surface area (Å²) < 4.78 is 0. The fourth-order valence-corrected chi connectivity index (χ4v) is 2.43. The van der Waals surface area contributed by atoms with Gasteiger partial charge in [0.1, 0.15) is 0 Å². The number of aryl methyl sites for hydroxylation is 1. The van der Waals surface area contributed by atoms with Gasteiger partial charge in [0.15, 0.2) is 5.96 Å². The lowest BCUT2D eigenvalue weighted by atomic mass is 10.1. The molecular formula is C18H23ClN4. The third-order valence-electron chi connectivity index (χ3n) is 3.49. The summed E-state index contributed by atoms with van der Waals surface area (Å²) in [5, 5.41) is 7.40. The van der Waals surface area contributed by atoms with Gasteiger partial charge in [-0.05, 0) is 43.5 Å². The minimum absolute atomic E-state index is 0.564. The molecule has 1 aromatic carbocycles. The lowest BCUT2D eigenvalue weighted by Crippen LogP contribution is -2.38. The van der Waals surface area contributed by atoms with Gasteiger partial charge in [-0.15, -0.1) is 0 Å². The van der Waals surface area contributed by atoms with Gasteiger partial charge < -0.3 is 10.6 Å². The molecular weight excluding hydrogens is 308 g/mol. The number of nitrogens with one attached hydrogen (secondary N) is 2. The number of guanidine groups is 1. The topological polar surface area (TPSA) is 49.3 Å². The second-order valence-electron chi connectivity index (χ2n) is 5.23. The summed E-state index contributed by atoms with van der Waals surface area (Å²) >= 11 is 6.18. The van der Waals surface area contributed by atoms with E-state index in [2.05, 4.69) is 40.5 Å². The third-order valence-corrected chi connectivity index (χ3v) is 3.86. The summed E-state index contributed by atoms with van der Waals surface area (Å²) in [6, 6.07) is 11.9. The average Bonchev–Trinajstić information content (AvgIpc) is 2.55. The van der Waals surface area contributed by atoms with Crippen molar-refractivity contribution in [2.24, 2.45) is 4.99 Å². The predicted molar refractivity (Wildman–Crippen MR) is 96.9 cm³/mol. The average molecular weight is 331 g/mol. The van der Waals surface area contributed by atoms with Crippen molar-refractivity contribution in [2.45, 2.75) is 26.8 Å². The van der Waals surface area contributed by atoms with E-state index in [-0.39, 0.29) is 0 Å². The van der Waals surface area contributed by atoms with Gasteiger partial charge in [0.2, 0.25) is 0 Å². The molecule has 1 aromatic heterocycles. The number of aromatic nitrogens is 1. The number of hydrogen-bond acceptors (Lipinski definition) is 2. The molecule has 23 heavy (non-hydrogen) atoms. The molecule has 2 rings (SSSR count). The van der Waals surface area contributed by atoms with Gasteiger partial charge in [-0.2, -0.15) is 0 Å². The molecule has 5 heteroatoms. The van der Waals surface area contributed by atoms with Crippen LogP contribution in [0.3, 0.4) is 0 Å². The van der Waals surface area contributed by atoms with Crippen LogP contribution in [0, 0.1) is 6.92 Å². The highest BCUT2D eigenvalue weighted by molar-refractivity contribution is 6.31. The molecule has 0 spiro atoms. The summed E-state index contributed by atoms with van der Waals surface area (Å²) in [5.74, 6) is 0.796. The highest BCUT2D eigenvalue weighted by Crippen LogP contribution is 2.14. The van der Waals surface area contributed by atoms with Crippen LogP contribution in [-0.4, -0.2) is 24.0 Å². The molecule has 1 heterocycles. The standard InChI is InChI=1S/C18H23ClN4/c1-3-20-18(23-13-17-14(2)7-6-11-21-17)22-12-10-15-8-4-5-9-16(15)19/h4-9,11H,3,10,12-13H2,1-2H3,(H2,20,22,23). The van der Waals surface area contributed by atoms with E-state index in [1.807, 2.05) is 30.3 Å². The minimum Gasteiger partial charge on any atom is -0.357 e. The van der Waals surface area contributed by atoms with Crippen LogP contribution >= 0.6 is 11.6 Å². The van der Waals surface area contributed by atoms with Crippen molar-refractivity contribution in [1.82, 2.24) is 15.6 Å². The Labute approximate surface area is 143 Å². The van der Waals surface area contributed by atoms with Crippen molar-refractivity contribution in [1.29, 1.82) is 0 Å². The Bertz CT molecular complexity index is 655. The van der Waals surface area contributed by atoms with Gasteiger partial charge in [0.05, 0.1) is 12.2 Å². The van der Waals surface area contributed by atoms with Crippen LogP contribution < -0.4 is 10.6 Å². The molecule has 0 saturated carbocycles. The van der Waals surface area contributed by atoms with Gasteiger partial charge in [0.25, 0.3) is 0 Å². The van der Waals surface area contributed by atoms with E-state index in [0.717, 1.165) is 47.3 Å². The number of pyridine rings is 1. The molecule has 2 N–H and O–H groups in total. The van der Waals surface area contributed by atoms with Crippen LogP contribution in [0.5, 0.6) is 0 Å². The molecule has 0 fully saturated rings. The van der Waals surface area contributed by atoms with E-state index in [9.17, 15) is 0 Å². The van der Waals surface area contributed by atoms with E-state index in [1.54, 1.807) is 6.20 Å². The molecule has 0 atom stereocenters. The highest BCUT2D eigenvalue weighted by atomic mass is 35.5. The maximum atomic E-state index is 6.18. The second-order valence-corrected chi connectivity index (χ2v) is 5.64. The summed E-state index contributed by atoms with van der Waals surface area (Å²) in [6.45, 7) is 6.26. The molecule has 0 radical (unpaired) electrons. The second kappa shape index (κ2) is 9.16. The van der Waals surface area contributed by atoms with Gasteiger partial charge in [-0.25, -0.2) is 4.99 Å². The molecule has 4 nitrogen and oxygen atoms in total. The van der Waals surface area contributed by atoms with Crippen LogP contribution in [0.25, 0.3) is 0 Å². The molecule has 0 aliphatic rings. The normalized spacial score (nSPS) is 11.3.